The van der Waals surface area contributed by atoms with E-state index < -0.39 is 12.0 Å². The van der Waals surface area contributed by atoms with Gasteiger partial charge < -0.3 is 19.7 Å². The number of amides is 3. The van der Waals surface area contributed by atoms with E-state index in [4.69, 9.17) is 9.47 Å². The van der Waals surface area contributed by atoms with Crippen LogP contribution < -0.4 is 5.32 Å². The minimum Gasteiger partial charge on any atom is -0.463 e. The predicted molar refractivity (Wildman–Crippen MR) is 133 cm³/mol. The molecule has 0 saturated carbocycles. The minimum absolute atomic E-state index is 0.0364. The Morgan fingerprint density at radius 1 is 1.20 bits per heavy atom. The second kappa shape index (κ2) is 12.5. The van der Waals surface area contributed by atoms with Crippen molar-refractivity contribution >= 4 is 17.9 Å². The summed E-state index contributed by atoms with van der Waals surface area (Å²) in [5.41, 5.74) is 2.86. The van der Waals surface area contributed by atoms with Gasteiger partial charge >= 0.3 is 12.0 Å². The van der Waals surface area contributed by atoms with Gasteiger partial charge in [0.15, 0.2) is 0 Å². The minimum atomic E-state index is -0.620. The Morgan fingerprint density at radius 3 is 2.66 bits per heavy atom. The van der Waals surface area contributed by atoms with E-state index in [1.807, 2.05) is 31.2 Å². The van der Waals surface area contributed by atoms with Crippen molar-refractivity contribution in [1.29, 1.82) is 0 Å². The standard InChI is InChI=1S/C26H36N4O5/c1-5-12-30-21(17-28-13-9-14-29(16-15-28)22(31)18-34-4)23(25(32)35-6-2)24(27-26(30)33)20-11-8-7-10-19(20)3/h5,7-8,10-11,24H,1,6,9,12-18H2,2-4H3,(H,27,33). The summed E-state index contributed by atoms with van der Waals surface area (Å²) in [6.45, 7) is 11.0. The molecule has 0 radical (unpaired) electrons. The SMILES string of the molecule is C=CCN1C(=O)NC(c2ccccc2C)C(C(=O)OCC)=C1CN1CCCN(C(=O)COC)CC1. The first-order valence-electron chi connectivity index (χ1n) is 12.0. The molecular formula is C26H36N4O5. The summed E-state index contributed by atoms with van der Waals surface area (Å²) in [7, 11) is 1.51. The average molecular weight is 485 g/mol. The molecule has 1 unspecified atom stereocenters. The molecule has 3 rings (SSSR count). The van der Waals surface area contributed by atoms with Crippen molar-refractivity contribution in [3.05, 3.63) is 59.3 Å². The topological polar surface area (TPSA) is 91.4 Å². The van der Waals surface area contributed by atoms with Crippen molar-refractivity contribution < 1.29 is 23.9 Å². The van der Waals surface area contributed by atoms with Gasteiger partial charge in [-0.05, 0) is 31.4 Å². The second-order valence-corrected chi connectivity index (χ2v) is 8.66. The van der Waals surface area contributed by atoms with Crippen LogP contribution >= 0.6 is 0 Å². The molecule has 190 valence electrons. The Hall–Kier alpha value is -3.17. The van der Waals surface area contributed by atoms with Gasteiger partial charge in [-0.2, -0.15) is 0 Å². The highest BCUT2D eigenvalue weighted by Gasteiger charge is 2.39. The molecule has 2 aliphatic rings. The number of hydrogen-bond acceptors (Lipinski definition) is 6. The van der Waals surface area contributed by atoms with E-state index in [-0.39, 0.29) is 31.7 Å². The fraction of sp³-hybridized carbons (Fsp3) is 0.500. The number of nitrogens with zero attached hydrogens (tertiary/aromatic N) is 3. The monoisotopic (exact) mass is 484 g/mol. The lowest BCUT2D eigenvalue weighted by Gasteiger charge is -2.38. The van der Waals surface area contributed by atoms with Crippen LogP contribution in [-0.4, -0.2) is 92.2 Å². The van der Waals surface area contributed by atoms with Gasteiger partial charge in [0.2, 0.25) is 5.91 Å². The van der Waals surface area contributed by atoms with E-state index in [0.717, 1.165) is 24.1 Å². The van der Waals surface area contributed by atoms with Crippen LogP contribution in [0.4, 0.5) is 4.79 Å². The molecule has 1 N–H and O–H groups in total. The molecule has 2 heterocycles. The summed E-state index contributed by atoms with van der Waals surface area (Å²) >= 11 is 0. The van der Waals surface area contributed by atoms with Crippen LogP contribution in [0.5, 0.6) is 0 Å². The van der Waals surface area contributed by atoms with E-state index in [2.05, 4.69) is 16.8 Å². The first-order valence-corrected chi connectivity index (χ1v) is 12.0. The highest BCUT2D eigenvalue weighted by molar-refractivity contribution is 5.95. The number of rotatable bonds is 9. The zero-order chi connectivity index (χ0) is 25.4. The van der Waals surface area contributed by atoms with Gasteiger partial charge in [-0.15, -0.1) is 6.58 Å². The number of methoxy groups -OCH3 is 1. The second-order valence-electron chi connectivity index (χ2n) is 8.66. The zero-order valence-electron chi connectivity index (χ0n) is 20.9. The van der Waals surface area contributed by atoms with Crippen molar-refractivity contribution in [3.63, 3.8) is 0 Å². The van der Waals surface area contributed by atoms with Gasteiger partial charge in [0.1, 0.15) is 6.61 Å². The van der Waals surface area contributed by atoms with Gasteiger partial charge in [0.25, 0.3) is 0 Å². The number of nitrogens with one attached hydrogen (secondary N) is 1. The molecular weight excluding hydrogens is 448 g/mol. The number of urea groups is 1. The Kier molecular flexibility index (Phi) is 9.45. The van der Waals surface area contributed by atoms with E-state index in [0.29, 0.717) is 37.4 Å². The highest BCUT2D eigenvalue weighted by Crippen LogP contribution is 2.33. The van der Waals surface area contributed by atoms with E-state index >= 15 is 0 Å². The molecule has 1 saturated heterocycles. The lowest BCUT2D eigenvalue weighted by molar-refractivity contribution is -0.139. The largest absolute Gasteiger partial charge is 0.463 e. The number of carbonyl (C=O) groups is 3. The van der Waals surface area contributed by atoms with Crippen LogP contribution in [0.15, 0.2) is 48.2 Å². The van der Waals surface area contributed by atoms with E-state index in [1.165, 1.54) is 7.11 Å². The fourth-order valence-electron chi connectivity index (χ4n) is 4.59. The van der Waals surface area contributed by atoms with E-state index in [1.54, 1.807) is 22.8 Å². The van der Waals surface area contributed by atoms with Gasteiger partial charge in [0.05, 0.1) is 18.2 Å². The zero-order valence-corrected chi connectivity index (χ0v) is 20.9. The number of aryl methyl sites for hydroxylation is 1. The lowest BCUT2D eigenvalue weighted by atomic mass is 9.91. The number of hydrogen-bond donors (Lipinski definition) is 1. The van der Waals surface area contributed by atoms with Gasteiger partial charge in [-0.3, -0.25) is 14.6 Å². The fourth-order valence-corrected chi connectivity index (χ4v) is 4.59. The van der Waals surface area contributed by atoms with Crippen LogP contribution in [-0.2, 0) is 19.1 Å². The quantitative estimate of drug-likeness (QED) is 0.427. The summed E-state index contributed by atoms with van der Waals surface area (Å²) in [6.07, 6.45) is 2.43. The first-order chi connectivity index (χ1) is 16.9. The summed E-state index contributed by atoms with van der Waals surface area (Å²) in [6, 6.07) is 6.80. The number of benzene rings is 1. The molecule has 0 spiro atoms. The molecule has 9 nitrogen and oxygen atoms in total. The maximum Gasteiger partial charge on any atom is 0.338 e. The van der Waals surface area contributed by atoms with Gasteiger partial charge in [-0.1, -0.05) is 30.3 Å². The Labute approximate surface area is 207 Å². The van der Waals surface area contributed by atoms with Crippen LogP contribution in [0.1, 0.15) is 30.5 Å². The molecule has 0 bridgehead atoms. The Bertz CT molecular complexity index is 976. The summed E-state index contributed by atoms with van der Waals surface area (Å²) < 4.78 is 10.5. The Balaban J connectivity index is 2.00. The molecule has 1 aromatic carbocycles. The summed E-state index contributed by atoms with van der Waals surface area (Å²) in [4.78, 5) is 44.4. The number of ether oxygens (including phenoxy) is 2. The smallest absolute Gasteiger partial charge is 0.338 e. The van der Waals surface area contributed by atoms with E-state index in [9.17, 15) is 14.4 Å². The van der Waals surface area contributed by atoms with Crippen molar-refractivity contribution in [2.24, 2.45) is 0 Å². The van der Waals surface area contributed by atoms with Crippen LogP contribution in [0.3, 0.4) is 0 Å². The van der Waals surface area contributed by atoms with Crippen molar-refractivity contribution in [1.82, 2.24) is 20.0 Å². The number of esters is 1. The normalized spacial score (nSPS) is 19.3. The summed E-state index contributed by atoms with van der Waals surface area (Å²) in [5, 5.41) is 3.01. The van der Waals surface area contributed by atoms with Gasteiger partial charge in [0, 0.05) is 52.1 Å². The first kappa shape index (κ1) is 26.4. The number of carbonyl (C=O) groups excluding carboxylic acids is 3. The average Bonchev–Trinajstić information content (AvgIpc) is 3.07. The van der Waals surface area contributed by atoms with Crippen molar-refractivity contribution in [3.8, 4) is 0 Å². The molecule has 35 heavy (non-hydrogen) atoms. The molecule has 1 atom stereocenters. The third kappa shape index (κ3) is 6.29. The van der Waals surface area contributed by atoms with Crippen LogP contribution in [0.2, 0.25) is 0 Å². The van der Waals surface area contributed by atoms with Gasteiger partial charge in [-0.25, -0.2) is 9.59 Å². The third-order valence-electron chi connectivity index (χ3n) is 6.33. The molecule has 0 aromatic heterocycles. The van der Waals surface area contributed by atoms with Crippen molar-refractivity contribution in [2.75, 3.05) is 59.6 Å². The molecule has 0 aliphatic carbocycles. The van der Waals surface area contributed by atoms with Crippen LogP contribution in [0.25, 0.3) is 0 Å². The lowest BCUT2D eigenvalue weighted by Crippen LogP contribution is -2.51. The summed E-state index contributed by atoms with van der Waals surface area (Å²) in [5.74, 6) is -0.484. The molecule has 1 aromatic rings. The molecule has 3 amide bonds. The Morgan fingerprint density at radius 2 is 1.97 bits per heavy atom. The highest BCUT2D eigenvalue weighted by atomic mass is 16.5. The predicted octanol–water partition coefficient (Wildman–Crippen LogP) is 2.25. The molecule has 1 fully saturated rings. The molecule has 2 aliphatic heterocycles. The van der Waals surface area contributed by atoms with Crippen LogP contribution in [0, 0.1) is 6.92 Å². The maximum absolute atomic E-state index is 13.3. The van der Waals surface area contributed by atoms with Crippen molar-refractivity contribution in [2.45, 2.75) is 26.3 Å². The third-order valence-corrected chi connectivity index (χ3v) is 6.33. The maximum atomic E-state index is 13.3. The molecule has 9 heteroatoms.